The molecule has 0 aliphatic carbocycles. The Hall–Kier alpha value is -0.330. The summed E-state index contributed by atoms with van der Waals surface area (Å²) in [6, 6.07) is 0.403. The van der Waals surface area contributed by atoms with Crippen LogP contribution >= 0.6 is 0 Å². The van der Waals surface area contributed by atoms with Crippen LogP contribution in [0.1, 0.15) is 20.3 Å². The summed E-state index contributed by atoms with van der Waals surface area (Å²) in [6.45, 7) is 6.59. The van der Waals surface area contributed by atoms with Crippen LogP contribution in [0.2, 0.25) is 0 Å². The van der Waals surface area contributed by atoms with E-state index >= 15 is 0 Å². The van der Waals surface area contributed by atoms with Gasteiger partial charge in [0.2, 0.25) is 0 Å². The number of nitrogens with zero attached hydrogens (tertiary/aromatic N) is 3. The maximum Gasteiger partial charge on any atom is 0.460 e. The molecule has 2 aliphatic rings. The largest absolute Gasteiger partial charge is 0.460 e. The highest BCUT2D eigenvalue weighted by Gasteiger charge is 2.43. The van der Waals surface area contributed by atoms with Gasteiger partial charge in [0.25, 0.3) is 0 Å². The first-order valence-corrected chi connectivity index (χ1v) is 6.47. The lowest BCUT2D eigenvalue weighted by molar-refractivity contribution is -0.253. The molecule has 0 saturated carbocycles. The normalized spacial score (nSPS) is 32.0. The standard InChI is InChI=1S/C12H22F3N3/c1-11(2)8-10(9-16(11)3)17-4-6-18(7-5-17)12(13,14)15/h10H,4-9H2,1-3H3. The van der Waals surface area contributed by atoms with E-state index in [0.29, 0.717) is 24.0 Å². The molecule has 2 saturated heterocycles. The SMILES string of the molecule is CN1CC(N2CCN(C(F)(F)F)CC2)CC1(C)C. The van der Waals surface area contributed by atoms with E-state index in [1.807, 2.05) is 0 Å². The number of hydrogen-bond donors (Lipinski definition) is 0. The lowest BCUT2D eigenvalue weighted by atomic mass is 9.99. The Balaban J connectivity index is 1.88. The molecule has 2 rings (SSSR count). The smallest absolute Gasteiger partial charge is 0.300 e. The van der Waals surface area contributed by atoms with Crippen molar-refractivity contribution in [3.8, 4) is 0 Å². The van der Waals surface area contributed by atoms with Crippen LogP contribution in [0.4, 0.5) is 13.2 Å². The van der Waals surface area contributed by atoms with Gasteiger partial charge in [-0.05, 0) is 27.3 Å². The predicted octanol–water partition coefficient (Wildman–Crippen LogP) is 1.61. The third-order valence-electron chi connectivity index (χ3n) is 4.44. The number of alkyl halides is 3. The monoisotopic (exact) mass is 265 g/mol. The molecule has 106 valence electrons. The summed E-state index contributed by atoms with van der Waals surface area (Å²) in [4.78, 5) is 5.13. The molecule has 0 aromatic heterocycles. The topological polar surface area (TPSA) is 9.72 Å². The molecule has 1 atom stereocenters. The number of likely N-dealkylation sites (N-methyl/N-ethyl adjacent to an activating group) is 1. The van der Waals surface area contributed by atoms with Crippen LogP contribution in [0.5, 0.6) is 0 Å². The lowest BCUT2D eigenvalue weighted by Crippen LogP contribution is -2.54. The molecule has 3 nitrogen and oxygen atoms in total. The Morgan fingerprint density at radius 3 is 2.00 bits per heavy atom. The second-order valence-electron chi connectivity index (χ2n) is 6.04. The van der Waals surface area contributed by atoms with Crippen LogP contribution in [0, 0.1) is 0 Å². The first-order chi connectivity index (χ1) is 8.20. The molecule has 18 heavy (non-hydrogen) atoms. The van der Waals surface area contributed by atoms with Crippen molar-refractivity contribution in [2.24, 2.45) is 0 Å². The van der Waals surface area contributed by atoms with Crippen LogP contribution in [0.15, 0.2) is 0 Å². The van der Waals surface area contributed by atoms with E-state index in [0.717, 1.165) is 13.0 Å². The van der Waals surface area contributed by atoms with Crippen LogP contribution in [-0.2, 0) is 0 Å². The molecule has 2 aliphatic heterocycles. The summed E-state index contributed by atoms with van der Waals surface area (Å²) >= 11 is 0. The molecule has 1 unspecified atom stereocenters. The highest BCUT2D eigenvalue weighted by atomic mass is 19.4. The Morgan fingerprint density at radius 1 is 1.06 bits per heavy atom. The molecule has 0 aromatic rings. The number of piperazine rings is 1. The van der Waals surface area contributed by atoms with Crippen molar-refractivity contribution in [3.63, 3.8) is 0 Å². The van der Waals surface area contributed by atoms with Gasteiger partial charge in [0.15, 0.2) is 0 Å². The second kappa shape index (κ2) is 4.65. The molecule has 0 amide bonds. The van der Waals surface area contributed by atoms with Crippen LogP contribution in [0.25, 0.3) is 0 Å². The zero-order valence-corrected chi connectivity index (χ0v) is 11.3. The molecule has 0 N–H and O–H groups in total. The Labute approximate surface area is 107 Å². The van der Waals surface area contributed by atoms with E-state index < -0.39 is 6.30 Å². The van der Waals surface area contributed by atoms with E-state index in [2.05, 4.69) is 30.7 Å². The van der Waals surface area contributed by atoms with Gasteiger partial charge in [-0.3, -0.25) is 9.80 Å². The zero-order valence-electron chi connectivity index (χ0n) is 11.3. The van der Waals surface area contributed by atoms with Crippen molar-refractivity contribution in [1.82, 2.24) is 14.7 Å². The Kier molecular flexibility index (Phi) is 3.64. The maximum absolute atomic E-state index is 12.5. The average Bonchev–Trinajstić information content (AvgIpc) is 2.53. The first-order valence-electron chi connectivity index (χ1n) is 6.47. The van der Waals surface area contributed by atoms with Gasteiger partial charge in [0.05, 0.1) is 0 Å². The third kappa shape index (κ3) is 2.81. The van der Waals surface area contributed by atoms with Gasteiger partial charge in [-0.2, -0.15) is 13.2 Å². The number of rotatable bonds is 1. The third-order valence-corrected chi connectivity index (χ3v) is 4.44. The highest BCUT2D eigenvalue weighted by molar-refractivity contribution is 4.96. The molecule has 6 heteroatoms. The van der Waals surface area contributed by atoms with Gasteiger partial charge in [0, 0.05) is 44.3 Å². The summed E-state index contributed by atoms with van der Waals surface area (Å²) < 4.78 is 37.6. The summed E-state index contributed by atoms with van der Waals surface area (Å²) in [5, 5.41) is 0. The number of halogens is 3. The summed E-state index contributed by atoms with van der Waals surface area (Å²) in [5.41, 5.74) is 0.159. The number of likely N-dealkylation sites (tertiary alicyclic amines) is 1. The molecular formula is C12H22F3N3. The molecule has 0 aromatic carbocycles. The summed E-state index contributed by atoms with van der Waals surface area (Å²) in [6.07, 6.45) is -3.13. The van der Waals surface area contributed by atoms with Crippen LogP contribution in [-0.4, -0.2) is 72.4 Å². The van der Waals surface area contributed by atoms with Crippen molar-refractivity contribution in [2.45, 2.75) is 38.1 Å². The fourth-order valence-electron chi connectivity index (χ4n) is 2.95. The fourth-order valence-corrected chi connectivity index (χ4v) is 2.95. The average molecular weight is 265 g/mol. The van der Waals surface area contributed by atoms with E-state index in [-0.39, 0.29) is 18.6 Å². The van der Waals surface area contributed by atoms with Crippen LogP contribution in [0.3, 0.4) is 0 Å². The van der Waals surface area contributed by atoms with Gasteiger partial charge < -0.3 is 0 Å². The van der Waals surface area contributed by atoms with Crippen molar-refractivity contribution >= 4 is 0 Å². The summed E-state index contributed by atoms with van der Waals surface area (Å²) in [7, 11) is 2.09. The lowest BCUT2D eigenvalue weighted by Gasteiger charge is -2.38. The minimum absolute atomic E-state index is 0.101. The first kappa shape index (κ1) is 14.1. The van der Waals surface area contributed by atoms with E-state index in [4.69, 9.17) is 0 Å². The van der Waals surface area contributed by atoms with Crippen molar-refractivity contribution in [1.29, 1.82) is 0 Å². The molecule has 2 fully saturated rings. The highest BCUT2D eigenvalue weighted by Crippen LogP contribution is 2.31. The minimum Gasteiger partial charge on any atom is -0.300 e. The molecule has 0 bridgehead atoms. The van der Waals surface area contributed by atoms with E-state index in [9.17, 15) is 13.2 Å². The van der Waals surface area contributed by atoms with Gasteiger partial charge in [0.1, 0.15) is 0 Å². The second-order valence-corrected chi connectivity index (χ2v) is 6.04. The quantitative estimate of drug-likeness (QED) is 0.667. The molecule has 2 heterocycles. The fraction of sp³-hybridized carbons (Fsp3) is 1.00. The van der Waals surface area contributed by atoms with Crippen molar-refractivity contribution in [2.75, 3.05) is 39.8 Å². The molecule has 0 spiro atoms. The predicted molar refractivity (Wildman–Crippen MR) is 64.3 cm³/mol. The van der Waals surface area contributed by atoms with Gasteiger partial charge in [-0.25, -0.2) is 4.90 Å². The molecular weight excluding hydrogens is 243 g/mol. The number of hydrogen-bond acceptors (Lipinski definition) is 3. The van der Waals surface area contributed by atoms with Gasteiger partial charge >= 0.3 is 6.30 Å². The van der Waals surface area contributed by atoms with Crippen molar-refractivity contribution < 1.29 is 13.2 Å². The Morgan fingerprint density at radius 2 is 1.61 bits per heavy atom. The Bertz CT molecular complexity index is 295. The molecule has 0 radical (unpaired) electrons. The maximum atomic E-state index is 12.5. The minimum atomic E-state index is -4.17. The van der Waals surface area contributed by atoms with Gasteiger partial charge in [-0.15, -0.1) is 0 Å². The summed E-state index contributed by atoms with van der Waals surface area (Å²) in [5.74, 6) is 0. The van der Waals surface area contributed by atoms with Crippen molar-refractivity contribution in [3.05, 3.63) is 0 Å². The zero-order chi connectivity index (χ0) is 13.6. The van der Waals surface area contributed by atoms with Crippen LogP contribution < -0.4 is 0 Å². The van der Waals surface area contributed by atoms with E-state index in [1.165, 1.54) is 0 Å². The van der Waals surface area contributed by atoms with Gasteiger partial charge in [-0.1, -0.05) is 0 Å². The van der Waals surface area contributed by atoms with E-state index in [1.54, 1.807) is 0 Å².